The van der Waals surface area contributed by atoms with Gasteiger partial charge in [-0.1, -0.05) is 24.3 Å². The minimum atomic E-state index is -1.12. The molecule has 5 nitrogen and oxygen atoms in total. The van der Waals surface area contributed by atoms with Crippen LogP contribution in [0, 0.1) is 0 Å². The second-order valence-corrected chi connectivity index (χ2v) is 5.04. The van der Waals surface area contributed by atoms with Crippen molar-refractivity contribution in [1.82, 2.24) is 0 Å². The van der Waals surface area contributed by atoms with Gasteiger partial charge in [-0.15, -0.1) is 11.3 Å². The van der Waals surface area contributed by atoms with E-state index in [1.54, 1.807) is 12.1 Å². The van der Waals surface area contributed by atoms with E-state index in [1.165, 1.54) is 23.5 Å². The fraction of sp³-hybridized carbons (Fsp3) is 0.0714. The molecule has 0 unspecified atom stereocenters. The summed E-state index contributed by atoms with van der Waals surface area (Å²) in [5.74, 6) is 3.86. The monoisotopic (exact) mass is 288 g/mol. The summed E-state index contributed by atoms with van der Waals surface area (Å²) in [5.41, 5.74) is 0.233. The molecule has 0 aliphatic heterocycles. The van der Waals surface area contributed by atoms with Crippen LogP contribution in [0.4, 0.5) is 0 Å². The van der Waals surface area contributed by atoms with Gasteiger partial charge in [0.15, 0.2) is 5.78 Å². The van der Waals surface area contributed by atoms with Crippen molar-refractivity contribution in [3.63, 3.8) is 0 Å². The van der Waals surface area contributed by atoms with Crippen LogP contribution < -0.4 is 5.84 Å². The fourth-order valence-electron chi connectivity index (χ4n) is 1.82. The number of rotatable bonds is 5. The highest BCUT2D eigenvalue weighted by atomic mass is 32.1. The first-order valence-corrected chi connectivity index (χ1v) is 6.67. The van der Waals surface area contributed by atoms with E-state index in [4.69, 9.17) is 10.9 Å². The second-order valence-electron chi connectivity index (χ2n) is 4.01. The lowest BCUT2D eigenvalue weighted by molar-refractivity contribution is -0.112. The van der Waals surface area contributed by atoms with Crippen molar-refractivity contribution in [2.75, 3.05) is 0 Å². The van der Waals surface area contributed by atoms with Gasteiger partial charge in [0.2, 0.25) is 0 Å². The molecule has 0 fully saturated rings. The number of carbonyl (C=O) groups is 2. The summed E-state index contributed by atoms with van der Waals surface area (Å²) < 4.78 is 0. The zero-order chi connectivity index (χ0) is 14.5. The number of Topliss-reactive ketones (excluding diaryl/α,β-unsaturated/α-hetero) is 1. The number of nitrogens with zero attached hydrogens (tertiary/aromatic N) is 1. The van der Waals surface area contributed by atoms with E-state index >= 15 is 0 Å². The lowest BCUT2D eigenvalue weighted by Crippen LogP contribution is -2.22. The first-order chi connectivity index (χ1) is 9.63. The largest absolute Gasteiger partial charge is 0.478 e. The molecular formula is C14H12N2O3S. The van der Waals surface area contributed by atoms with Crippen LogP contribution in [0.1, 0.15) is 20.8 Å². The lowest BCUT2D eigenvalue weighted by Gasteiger charge is -2.07. The van der Waals surface area contributed by atoms with E-state index < -0.39 is 5.97 Å². The number of hydrogen-bond acceptors (Lipinski definition) is 5. The van der Waals surface area contributed by atoms with Crippen LogP contribution in [0.5, 0.6) is 0 Å². The van der Waals surface area contributed by atoms with Gasteiger partial charge < -0.3 is 10.9 Å². The average molecular weight is 288 g/mol. The Labute approximate surface area is 119 Å². The van der Waals surface area contributed by atoms with E-state index in [2.05, 4.69) is 5.10 Å². The number of aromatic carboxylic acids is 1. The summed E-state index contributed by atoms with van der Waals surface area (Å²) in [6.07, 6.45) is 0.154. The molecule has 0 amide bonds. The summed E-state index contributed by atoms with van der Waals surface area (Å²) >= 11 is 1.45. The molecule has 0 bridgehead atoms. The molecule has 2 rings (SSSR count). The molecule has 1 heterocycles. The number of thiophene rings is 1. The summed E-state index contributed by atoms with van der Waals surface area (Å²) in [6, 6.07) is 9.86. The molecule has 0 aliphatic carbocycles. The van der Waals surface area contributed by atoms with Gasteiger partial charge in [-0.25, -0.2) is 4.79 Å². The molecule has 0 spiro atoms. The Kier molecular flexibility index (Phi) is 4.27. The number of ketones is 1. The van der Waals surface area contributed by atoms with Gasteiger partial charge in [0, 0.05) is 16.9 Å². The highest BCUT2D eigenvalue weighted by Gasteiger charge is 2.20. The highest BCUT2D eigenvalue weighted by molar-refractivity contribution is 7.10. The van der Waals surface area contributed by atoms with E-state index in [9.17, 15) is 9.59 Å². The number of carboxylic acid groups (broad SMARTS) is 1. The summed E-state index contributed by atoms with van der Waals surface area (Å²) in [6.45, 7) is 0. The van der Waals surface area contributed by atoms with Gasteiger partial charge >= 0.3 is 5.97 Å². The molecule has 3 N–H and O–H groups in total. The van der Waals surface area contributed by atoms with Gasteiger partial charge in [0.25, 0.3) is 0 Å². The zero-order valence-electron chi connectivity index (χ0n) is 10.4. The van der Waals surface area contributed by atoms with Crippen molar-refractivity contribution in [2.24, 2.45) is 10.9 Å². The van der Waals surface area contributed by atoms with Crippen LogP contribution in [0.2, 0.25) is 0 Å². The maximum absolute atomic E-state index is 12.2. The molecule has 102 valence electrons. The normalized spacial score (nSPS) is 11.3. The maximum atomic E-state index is 12.2. The van der Waals surface area contributed by atoms with Crippen LogP contribution in [-0.2, 0) is 11.2 Å². The molecule has 2 aromatic rings. The predicted octanol–water partition coefficient (Wildman–Crippen LogP) is 1.92. The first kappa shape index (κ1) is 14.0. The van der Waals surface area contributed by atoms with E-state index in [-0.39, 0.29) is 29.0 Å². The van der Waals surface area contributed by atoms with Gasteiger partial charge in [-0.05, 0) is 17.5 Å². The summed E-state index contributed by atoms with van der Waals surface area (Å²) in [7, 11) is 0. The SMILES string of the molecule is N/N=C(/C(=O)Cc1cccs1)c1ccccc1C(=O)O. The third kappa shape index (κ3) is 2.92. The Morgan fingerprint density at radius 2 is 1.85 bits per heavy atom. The number of carbonyl (C=O) groups excluding carboxylic acids is 1. The fourth-order valence-corrected chi connectivity index (χ4v) is 2.53. The van der Waals surface area contributed by atoms with Crippen LogP contribution in [0.25, 0.3) is 0 Å². The number of hydrazone groups is 1. The highest BCUT2D eigenvalue weighted by Crippen LogP contribution is 2.14. The zero-order valence-corrected chi connectivity index (χ0v) is 11.3. The smallest absolute Gasteiger partial charge is 0.336 e. The van der Waals surface area contributed by atoms with Crippen molar-refractivity contribution in [2.45, 2.75) is 6.42 Å². The quantitative estimate of drug-likeness (QED) is 0.499. The molecule has 0 atom stereocenters. The topological polar surface area (TPSA) is 92.8 Å². The predicted molar refractivity (Wildman–Crippen MR) is 77.2 cm³/mol. The van der Waals surface area contributed by atoms with E-state index in [0.29, 0.717) is 0 Å². The molecular weight excluding hydrogens is 276 g/mol. The molecule has 20 heavy (non-hydrogen) atoms. The Balaban J connectivity index is 2.34. The molecule has 0 saturated heterocycles. The van der Waals surface area contributed by atoms with Gasteiger partial charge in [-0.3, -0.25) is 4.79 Å². The van der Waals surface area contributed by atoms with Crippen LogP contribution in [0.3, 0.4) is 0 Å². The van der Waals surface area contributed by atoms with E-state index in [1.807, 2.05) is 17.5 Å². The molecule has 1 aromatic carbocycles. The summed E-state index contributed by atoms with van der Waals surface area (Å²) in [5, 5.41) is 14.5. The lowest BCUT2D eigenvalue weighted by atomic mass is 9.98. The number of nitrogens with two attached hydrogens (primary N) is 1. The molecule has 0 radical (unpaired) electrons. The Morgan fingerprint density at radius 3 is 2.40 bits per heavy atom. The van der Waals surface area contributed by atoms with Crippen molar-refractivity contribution >= 4 is 28.8 Å². The molecule has 0 saturated carbocycles. The van der Waals surface area contributed by atoms with Crippen molar-refractivity contribution in [1.29, 1.82) is 0 Å². The van der Waals surface area contributed by atoms with Crippen LogP contribution in [-0.4, -0.2) is 22.6 Å². The first-order valence-electron chi connectivity index (χ1n) is 5.79. The van der Waals surface area contributed by atoms with E-state index in [0.717, 1.165) is 4.88 Å². The molecule has 0 aliphatic rings. The van der Waals surface area contributed by atoms with Crippen molar-refractivity contribution in [3.8, 4) is 0 Å². The van der Waals surface area contributed by atoms with Gasteiger partial charge in [-0.2, -0.15) is 5.10 Å². The third-order valence-corrected chi connectivity index (χ3v) is 3.60. The minimum absolute atomic E-state index is 0.0104. The Bertz CT molecular complexity index is 663. The standard InChI is InChI=1S/C14H12N2O3S/c15-16-13(12(17)8-9-4-3-7-20-9)10-5-1-2-6-11(10)14(18)19/h1-7H,8,15H2,(H,18,19)/b16-13+. The number of carboxylic acids is 1. The van der Waals surface area contributed by atoms with Crippen LogP contribution in [0.15, 0.2) is 46.9 Å². The minimum Gasteiger partial charge on any atom is -0.478 e. The van der Waals surface area contributed by atoms with Gasteiger partial charge in [0.05, 0.1) is 5.56 Å². The van der Waals surface area contributed by atoms with Crippen LogP contribution >= 0.6 is 11.3 Å². The maximum Gasteiger partial charge on any atom is 0.336 e. The average Bonchev–Trinajstić information content (AvgIpc) is 2.93. The molecule has 6 heteroatoms. The Morgan fingerprint density at radius 1 is 1.15 bits per heavy atom. The summed E-state index contributed by atoms with van der Waals surface area (Å²) in [4.78, 5) is 24.3. The second kappa shape index (κ2) is 6.12. The van der Waals surface area contributed by atoms with Crippen molar-refractivity contribution < 1.29 is 14.7 Å². The Hall–Kier alpha value is -2.47. The number of benzene rings is 1. The third-order valence-electron chi connectivity index (χ3n) is 2.72. The number of hydrogen-bond donors (Lipinski definition) is 2. The van der Waals surface area contributed by atoms with Crippen molar-refractivity contribution in [3.05, 3.63) is 57.8 Å². The van der Waals surface area contributed by atoms with Gasteiger partial charge in [0.1, 0.15) is 5.71 Å². The molecule has 1 aromatic heterocycles.